The summed E-state index contributed by atoms with van der Waals surface area (Å²) in [5.41, 5.74) is 0.463. The van der Waals surface area contributed by atoms with E-state index >= 15 is 0 Å². The predicted octanol–water partition coefficient (Wildman–Crippen LogP) is 2.42. The van der Waals surface area contributed by atoms with Crippen molar-refractivity contribution < 1.29 is 9.53 Å². The first-order chi connectivity index (χ1) is 7.59. The van der Waals surface area contributed by atoms with Crippen molar-refractivity contribution >= 4 is 5.97 Å². The summed E-state index contributed by atoms with van der Waals surface area (Å²) in [6, 6.07) is 0.832. The molecule has 0 radical (unpaired) electrons. The highest BCUT2D eigenvalue weighted by Crippen LogP contribution is 2.17. The third-order valence-corrected chi connectivity index (χ3v) is 2.94. The Kier molecular flexibility index (Phi) is 5.53. The Morgan fingerprint density at radius 1 is 1.44 bits per heavy atom. The molecule has 0 aromatic carbocycles. The van der Waals surface area contributed by atoms with E-state index in [1.807, 2.05) is 0 Å². The van der Waals surface area contributed by atoms with E-state index in [0.717, 1.165) is 0 Å². The first-order valence-corrected chi connectivity index (χ1v) is 6.18. The van der Waals surface area contributed by atoms with Crippen LogP contribution in [0.5, 0.6) is 0 Å². The minimum Gasteiger partial charge on any atom is -0.461 e. The number of carbonyl (C=O) groups excluding carboxylic acids is 1. The number of esters is 1. The van der Waals surface area contributed by atoms with Gasteiger partial charge in [0.15, 0.2) is 0 Å². The van der Waals surface area contributed by atoms with Crippen molar-refractivity contribution in [2.45, 2.75) is 58.0 Å². The maximum atomic E-state index is 11.2. The van der Waals surface area contributed by atoms with Gasteiger partial charge in [-0.3, -0.25) is 0 Å². The standard InChI is InChI=1S/C13H23NO2/c1-10(2)13(15)16-9-11(3)14-12-7-5-4-6-8-12/h11-12,14H,1,4-9H2,2-3H3. The average Bonchev–Trinajstić information content (AvgIpc) is 2.27. The van der Waals surface area contributed by atoms with E-state index in [9.17, 15) is 4.79 Å². The first kappa shape index (κ1) is 13.2. The second kappa shape index (κ2) is 6.69. The van der Waals surface area contributed by atoms with Gasteiger partial charge in [0.2, 0.25) is 0 Å². The molecule has 16 heavy (non-hydrogen) atoms. The van der Waals surface area contributed by atoms with E-state index in [1.165, 1.54) is 32.1 Å². The van der Waals surface area contributed by atoms with Crippen LogP contribution in [0.25, 0.3) is 0 Å². The van der Waals surface area contributed by atoms with Gasteiger partial charge in [0, 0.05) is 17.7 Å². The normalized spacial score (nSPS) is 19.1. The zero-order valence-corrected chi connectivity index (χ0v) is 10.4. The summed E-state index contributed by atoms with van der Waals surface area (Å²) < 4.78 is 5.11. The van der Waals surface area contributed by atoms with Gasteiger partial charge < -0.3 is 10.1 Å². The fourth-order valence-corrected chi connectivity index (χ4v) is 2.04. The van der Waals surface area contributed by atoms with Gasteiger partial charge in [0.25, 0.3) is 0 Å². The van der Waals surface area contributed by atoms with Crippen LogP contribution in [-0.4, -0.2) is 24.7 Å². The van der Waals surface area contributed by atoms with Crippen molar-refractivity contribution in [2.24, 2.45) is 0 Å². The number of rotatable bonds is 5. The van der Waals surface area contributed by atoms with Crippen LogP contribution in [0.1, 0.15) is 46.0 Å². The maximum Gasteiger partial charge on any atom is 0.333 e. The summed E-state index contributed by atoms with van der Waals surface area (Å²) >= 11 is 0. The molecule has 1 saturated carbocycles. The summed E-state index contributed by atoms with van der Waals surface area (Å²) in [7, 11) is 0. The fourth-order valence-electron chi connectivity index (χ4n) is 2.04. The van der Waals surface area contributed by atoms with E-state index in [4.69, 9.17) is 4.74 Å². The number of hydrogen-bond acceptors (Lipinski definition) is 3. The minimum atomic E-state index is -0.294. The van der Waals surface area contributed by atoms with E-state index in [2.05, 4.69) is 18.8 Å². The molecule has 1 aliphatic carbocycles. The lowest BCUT2D eigenvalue weighted by Crippen LogP contribution is -2.40. The van der Waals surface area contributed by atoms with Gasteiger partial charge in [-0.25, -0.2) is 4.79 Å². The average molecular weight is 225 g/mol. The molecule has 0 bridgehead atoms. The maximum absolute atomic E-state index is 11.2. The zero-order chi connectivity index (χ0) is 12.0. The van der Waals surface area contributed by atoms with Crippen molar-refractivity contribution in [3.05, 3.63) is 12.2 Å². The van der Waals surface area contributed by atoms with Gasteiger partial charge in [-0.2, -0.15) is 0 Å². The molecular weight excluding hydrogens is 202 g/mol. The smallest absolute Gasteiger partial charge is 0.333 e. The van der Waals surface area contributed by atoms with Gasteiger partial charge in [-0.15, -0.1) is 0 Å². The topological polar surface area (TPSA) is 38.3 Å². The summed E-state index contributed by atoms with van der Waals surface area (Å²) in [5.74, 6) is -0.294. The van der Waals surface area contributed by atoms with Crippen LogP contribution in [0.3, 0.4) is 0 Å². The molecule has 1 rings (SSSR count). The van der Waals surface area contributed by atoms with Crippen LogP contribution >= 0.6 is 0 Å². The molecule has 3 heteroatoms. The van der Waals surface area contributed by atoms with Crippen molar-refractivity contribution in [3.63, 3.8) is 0 Å². The Labute approximate surface area is 98.2 Å². The van der Waals surface area contributed by atoms with E-state index in [-0.39, 0.29) is 12.0 Å². The molecule has 1 fully saturated rings. The highest BCUT2D eigenvalue weighted by molar-refractivity contribution is 5.86. The van der Waals surface area contributed by atoms with E-state index in [1.54, 1.807) is 6.92 Å². The summed E-state index contributed by atoms with van der Waals surface area (Å²) in [4.78, 5) is 11.2. The first-order valence-electron chi connectivity index (χ1n) is 6.18. The second-order valence-corrected chi connectivity index (χ2v) is 4.78. The zero-order valence-electron chi connectivity index (χ0n) is 10.4. The molecule has 0 aromatic rings. The van der Waals surface area contributed by atoms with Crippen LogP contribution in [0.4, 0.5) is 0 Å². The summed E-state index contributed by atoms with van der Waals surface area (Å²) in [6.45, 7) is 7.71. The predicted molar refractivity (Wildman–Crippen MR) is 65.2 cm³/mol. The molecule has 3 nitrogen and oxygen atoms in total. The molecule has 1 N–H and O–H groups in total. The lowest BCUT2D eigenvalue weighted by atomic mass is 9.95. The van der Waals surface area contributed by atoms with E-state index < -0.39 is 0 Å². The molecule has 1 unspecified atom stereocenters. The highest BCUT2D eigenvalue weighted by atomic mass is 16.5. The number of carbonyl (C=O) groups is 1. The van der Waals surface area contributed by atoms with Crippen LogP contribution in [-0.2, 0) is 9.53 Å². The molecule has 1 atom stereocenters. The monoisotopic (exact) mass is 225 g/mol. The van der Waals surface area contributed by atoms with Crippen molar-refractivity contribution in [2.75, 3.05) is 6.61 Å². The highest BCUT2D eigenvalue weighted by Gasteiger charge is 2.16. The van der Waals surface area contributed by atoms with Gasteiger partial charge in [0.05, 0.1) is 0 Å². The van der Waals surface area contributed by atoms with Gasteiger partial charge in [-0.05, 0) is 26.7 Å². The number of ether oxygens (including phenoxy) is 1. The van der Waals surface area contributed by atoms with Crippen LogP contribution in [0, 0.1) is 0 Å². The van der Waals surface area contributed by atoms with Gasteiger partial charge >= 0.3 is 5.97 Å². The van der Waals surface area contributed by atoms with Crippen LogP contribution < -0.4 is 5.32 Å². The quantitative estimate of drug-likeness (QED) is 0.577. The Balaban J connectivity index is 2.17. The van der Waals surface area contributed by atoms with Crippen molar-refractivity contribution in [1.82, 2.24) is 5.32 Å². The molecule has 0 aliphatic heterocycles. The van der Waals surface area contributed by atoms with Gasteiger partial charge in [-0.1, -0.05) is 25.8 Å². The Hall–Kier alpha value is -0.830. The Morgan fingerprint density at radius 2 is 2.06 bits per heavy atom. The molecule has 1 aliphatic rings. The summed E-state index contributed by atoms with van der Waals surface area (Å²) in [5, 5.41) is 3.51. The largest absolute Gasteiger partial charge is 0.461 e. The second-order valence-electron chi connectivity index (χ2n) is 4.78. The van der Waals surface area contributed by atoms with E-state index in [0.29, 0.717) is 18.2 Å². The van der Waals surface area contributed by atoms with Crippen molar-refractivity contribution in [1.29, 1.82) is 0 Å². The molecule has 92 valence electrons. The van der Waals surface area contributed by atoms with Crippen LogP contribution in [0.2, 0.25) is 0 Å². The molecule has 0 saturated heterocycles. The fraction of sp³-hybridized carbons (Fsp3) is 0.769. The molecule has 0 spiro atoms. The van der Waals surface area contributed by atoms with Crippen LogP contribution in [0.15, 0.2) is 12.2 Å². The molecule has 0 aromatic heterocycles. The Bertz CT molecular complexity index is 244. The minimum absolute atomic E-state index is 0.228. The molecule has 0 amide bonds. The number of hydrogen-bond donors (Lipinski definition) is 1. The lowest BCUT2D eigenvalue weighted by molar-refractivity contribution is -0.139. The van der Waals surface area contributed by atoms with Crippen molar-refractivity contribution in [3.8, 4) is 0 Å². The molecule has 0 heterocycles. The number of nitrogens with one attached hydrogen (secondary N) is 1. The third-order valence-electron chi connectivity index (χ3n) is 2.94. The Morgan fingerprint density at radius 3 is 2.62 bits per heavy atom. The lowest BCUT2D eigenvalue weighted by Gasteiger charge is -2.26. The molecular formula is C13H23NO2. The van der Waals surface area contributed by atoms with Gasteiger partial charge in [0.1, 0.15) is 6.61 Å². The third kappa shape index (κ3) is 4.79. The SMILES string of the molecule is C=C(C)C(=O)OCC(C)NC1CCCCC1. The summed E-state index contributed by atoms with van der Waals surface area (Å²) in [6.07, 6.45) is 6.49.